The molecule has 1 unspecified atom stereocenters. The van der Waals surface area contributed by atoms with Crippen LogP contribution in [0.4, 0.5) is 0 Å². The Morgan fingerprint density at radius 3 is 2.43 bits per heavy atom. The van der Waals surface area contributed by atoms with E-state index in [1.165, 1.54) is 0 Å². The highest BCUT2D eigenvalue weighted by atomic mass is 32.2. The van der Waals surface area contributed by atoms with Crippen LogP contribution in [0.1, 0.15) is 20.8 Å². The van der Waals surface area contributed by atoms with Crippen LogP contribution < -0.4 is 4.72 Å². The molecular formula is C15H21N3O2S. The minimum Gasteiger partial charge on any atom is -0.336 e. The first-order valence-corrected chi connectivity index (χ1v) is 8.30. The van der Waals surface area contributed by atoms with E-state index in [2.05, 4.69) is 9.71 Å². The Morgan fingerprint density at radius 1 is 1.24 bits per heavy atom. The number of sulfonamides is 1. The van der Waals surface area contributed by atoms with Crippen molar-refractivity contribution < 1.29 is 8.42 Å². The van der Waals surface area contributed by atoms with Gasteiger partial charge in [-0.05, 0) is 17.5 Å². The normalized spacial score (nSPS) is 14.0. The zero-order valence-electron chi connectivity index (χ0n) is 12.5. The van der Waals surface area contributed by atoms with Crippen LogP contribution in [0.15, 0.2) is 53.9 Å². The number of rotatable bonds is 5. The van der Waals surface area contributed by atoms with Crippen molar-refractivity contribution in [3.8, 4) is 0 Å². The van der Waals surface area contributed by atoms with E-state index in [-0.39, 0.29) is 16.4 Å². The van der Waals surface area contributed by atoms with E-state index >= 15 is 0 Å². The topological polar surface area (TPSA) is 64.0 Å². The molecular weight excluding hydrogens is 286 g/mol. The van der Waals surface area contributed by atoms with Gasteiger partial charge < -0.3 is 4.57 Å². The van der Waals surface area contributed by atoms with E-state index in [1.807, 2.05) is 31.5 Å². The maximum atomic E-state index is 12.5. The van der Waals surface area contributed by atoms with Crippen LogP contribution in [-0.4, -0.2) is 24.0 Å². The Morgan fingerprint density at radius 2 is 1.90 bits per heavy atom. The molecule has 0 amide bonds. The Bertz CT molecular complexity index is 659. The molecule has 21 heavy (non-hydrogen) atoms. The second kappa shape index (κ2) is 5.99. The van der Waals surface area contributed by atoms with Gasteiger partial charge in [-0.1, -0.05) is 39.0 Å². The molecule has 0 fully saturated rings. The zero-order valence-corrected chi connectivity index (χ0v) is 13.3. The summed E-state index contributed by atoms with van der Waals surface area (Å²) in [6.45, 7) is 6.59. The van der Waals surface area contributed by atoms with Crippen molar-refractivity contribution in [2.24, 2.45) is 5.41 Å². The quantitative estimate of drug-likeness (QED) is 0.921. The van der Waals surface area contributed by atoms with Crippen LogP contribution in [0.25, 0.3) is 0 Å². The molecule has 0 aliphatic heterocycles. The highest BCUT2D eigenvalue weighted by Crippen LogP contribution is 2.23. The van der Waals surface area contributed by atoms with Crippen LogP contribution in [0.5, 0.6) is 0 Å². The van der Waals surface area contributed by atoms with E-state index in [0.29, 0.717) is 6.54 Å². The first-order chi connectivity index (χ1) is 9.79. The second-order valence-electron chi connectivity index (χ2n) is 6.11. The van der Waals surface area contributed by atoms with Gasteiger partial charge in [0.25, 0.3) is 0 Å². The molecule has 1 N–H and O–H groups in total. The van der Waals surface area contributed by atoms with Crippen LogP contribution in [0, 0.1) is 5.41 Å². The predicted octanol–water partition coefficient (Wildman–Crippen LogP) is 2.28. The fourth-order valence-corrected chi connectivity index (χ4v) is 3.40. The Hall–Kier alpha value is -1.66. The molecule has 6 heteroatoms. The van der Waals surface area contributed by atoms with Gasteiger partial charge in [-0.3, -0.25) is 0 Å². The van der Waals surface area contributed by atoms with Crippen molar-refractivity contribution >= 4 is 10.0 Å². The van der Waals surface area contributed by atoms with E-state index in [0.717, 1.165) is 0 Å². The lowest BCUT2D eigenvalue weighted by molar-refractivity contribution is 0.270. The van der Waals surface area contributed by atoms with Gasteiger partial charge in [-0.15, -0.1) is 0 Å². The lowest BCUT2D eigenvalue weighted by atomic mass is 9.87. The van der Waals surface area contributed by atoms with Crippen molar-refractivity contribution in [1.82, 2.24) is 14.3 Å². The molecule has 1 aromatic heterocycles. The molecule has 0 spiro atoms. The van der Waals surface area contributed by atoms with Gasteiger partial charge in [0, 0.05) is 25.0 Å². The predicted molar refractivity (Wildman–Crippen MR) is 82.2 cm³/mol. The fraction of sp³-hybridized carbons (Fsp3) is 0.400. The van der Waals surface area contributed by atoms with E-state index in [9.17, 15) is 8.42 Å². The van der Waals surface area contributed by atoms with Crippen LogP contribution in [0.3, 0.4) is 0 Å². The number of hydrogen-bond donors (Lipinski definition) is 1. The molecule has 1 aromatic carbocycles. The van der Waals surface area contributed by atoms with Crippen LogP contribution in [0.2, 0.25) is 0 Å². The smallest absolute Gasteiger partial charge is 0.240 e. The summed E-state index contributed by atoms with van der Waals surface area (Å²) in [6, 6.07) is 8.19. The van der Waals surface area contributed by atoms with Crippen molar-refractivity contribution in [3.63, 3.8) is 0 Å². The standard InChI is InChI=1S/C15H21N3O2S/c1-15(2,3)14(11-18-10-9-16-12-18)17-21(19,20)13-7-5-4-6-8-13/h4-10,12,14,17H,11H2,1-3H3. The largest absolute Gasteiger partial charge is 0.336 e. The van der Waals surface area contributed by atoms with Gasteiger partial charge in [0.2, 0.25) is 10.0 Å². The monoisotopic (exact) mass is 307 g/mol. The van der Waals surface area contributed by atoms with Crippen molar-refractivity contribution in [2.45, 2.75) is 38.3 Å². The molecule has 5 nitrogen and oxygen atoms in total. The van der Waals surface area contributed by atoms with Crippen molar-refractivity contribution in [2.75, 3.05) is 0 Å². The number of aromatic nitrogens is 2. The van der Waals surface area contributed by atoms with E-state index in [4.69, 9.17) is 0 Å². The number of hydrogen-bond acceptors (Lipinski definition) is 3. The molecule has 0 radical (unpaired) electrons. The highest BCUT2D eigenvalue weighted by Gasteiger charge is 2.29. The summed E-state index contributed by atoms with van der Waals surface area (Å²) in [7, 11) is -3.53. The van der Waals surface area contributed by atoms with Crippen molar-refractivity contribution in [1.29, 1.82) is 0 Å². The maximum absolute atomic E-state index is 12.5. The summed E-state index contributed by atoms with van der Waals surface area (Å²) >= 11 is 0. The molecule has 0 bridgehead atoms. The van der Waals surface area contributed by atoms with Gasteiger partial charge in [0.1, 0.15) is 0 Å². The molecule has 2 rings (SSSR count). The van der Waals surface area contributed by atoms with Gasteiger partial charge in [0.05, 0.1) is 11.2 Å². The molecule has 1 atom stereocenters. The minimum absolute atomic E-state index is 0.216. The molecule has 0 aliphatic carbocycles. The number of nitrogens with zero attached hydrogens (tertiary/aromatic N) is 2. The molecule has 1 heterocycles. The lowest BCUT2D eigenvalue weighted by Gasteiger charge is -2.31. The van der Waals surface area contributed by atoms with E-state index in [1.54, 1.807) is 42.9 Å². The minimum atomic E-state index is -3.53. The maximum Gasteiger partial charge on any atom is 0.240 e. The highest BCUT2D eigenvalue weighted by molar-refractivity contribution is 7.89. The summed E-state index contributed by atoms with van der Waals surface area (Å²) in [6.07, 6.45) is 5.20. The third kappa shape index (κ3) is 4.15. The third-order valence-electron chi connectivity index (χ3n) is 3.35. The van der Waals surface area contributed by atoms with Crippen molar-refractivity contribution in [3.05, 3.63) is 49.1 Å². The summed E-state index contributed by atoms with van der Waals surface area (Å²) in [5.74, 6) is 0. The molecule has 0 saturated carbocycles. The van der Waals surface area contributed by atoms with Gasteiger partial charge in [-0.25, -0.2) is 18.1 Å². The molecule has 114 valence electrons. The summed E-state index contributed by atoms with van der Waals surface area (Å²) in [4.78, 5) is 4.28. The van der Waals surface area contributed by atoms with Crippen LogP contribution >= 0.6 is 0 Å². The fourth-order valence-electron chi connectivity index (χ4n) is 1.95. The zero-order chi connectivity index (χ0) is 15.5. The average molecular weight is 307 g/mol. The molecule has 0 saturated heterocycles. The van der Waals surface area contributed by atoms with Gasteiger partial charge in [-0.2, -0.15) is 0 Å². The molecule has 0 aliphatic rings. The summed E-state index contributed by atoms with van der Waals surface area (Å²) in [5.41, 5.74) is -0.216. The molecule has 2 aromatic rings. The van der Waals surface area contributed by atoms with E-state index < -0.39 is 10.0 Å². The average Bonchev–Trinajstić information content (AvgIpc) is 2.91. The van der Waals surface area contributed by atoms with Crippen LogP contribution in [-0.2, 0) is 16.6 Å². The number of nitrogens with one attached hydrogen (secondary N) is 1. The summed E-state index contributed by atoms with van der Waals surface area (Å²) in [5, 5.41) is 0. The number of imidazole rings is 1. The second-order valence-corrected chi connectivity index (χ2v) is 7.83. The summed E-state index contributed by atoms with van der Waals surface area (Å²) < 4.78 is 29.7. The SMILES string of the molecule is CC(C)(C)C(Cn1ccnc1)NS(=O)(=O)c1ccccc1. The number of benzene rings is 1. The first-order valence-electron chi connectivity index (χ1n) is 6.82. The van der Waals surface area contributed by atoms with Gasteiger partial charge >= 0.3 is 0 Å². The lowest BCUT2D eigenvalue weighted by Crippen LogP contribution is -2.46. The first kappa shape index (κ1) is 15.7. The Balaban J connectivity index is 2.23. The Labute approximate surface area is 126 Å². The Kier molecular flexibility index (Phi) is 4.49. The third-order valence-corrected chi connectivity index (χ3v) is 4.84. The van der Waals surface area contributed by atoms with Gasteiger partial charge in [0.15, 0.2) is 0 Å².